The highest BCUT2D eigenvalue weighted by Crippen LogP contribution is 2.20. The second kappa shape index (κ2) is 6.69. The highest BCUT2D eigenvalue weighted by Gasteiger charge is 2.24. The fourth-order valence-corrected chi connectivity index (χ4v) is 3.23. The van der Waals surface area contributed by atoms with Gasteiger partial charge in [0.15, 0.2) is 11.6 Å². The maximum Gasteiger partial charge on any atom is 0.241 e. The number of aliphatic hydroxyl groups excluding tert-OH is 1. The zero-order valence-corrected chi connectivity index (χ0v) is 12.8. The Labute approximate surface area is 131 Å². The van der Waals surface area contributed by atoms with Crippen LogP contribution in [0.3, 0.4) is 0 Å². The lowest BCUT2D eigenvalue weighted by molar-refractivity contribution is 0.146. The van der Waals surface area contributed by atoms with Gasteiger partial charge in [0.1, 0.15) is 5.82 Å². The van der Waals surface area contributed by atoms with E-state index in [1.165, 1.54) is 19.1 Å². The zero-order valence-electron chi connectivity index (χ0n) is 12.0. The summed E-state index contributed by atoms with van der Waals surface area (Å²) in [6, 6.07) is 6.10. The van der Waals surface area contributed by atoms with Crippen LogP contribution in [0.4, 0.5) is 13.2 Å². The molecule has 2 atom stereocenters. The minimum absolute atomic E-state index is 0.312. The number of sulfonamides is 1. The monoisotopic (exact) mass is 345 g/mol. The molecule has 0 saturated heterocycles. The Bertz CT molecular complexity index is 794. The van der Waals surface area contributed by atoms with E-state index in [4.69, 9.17) is 0 Å². The zero-order chi connectivity index (χ0) is 17.2. The molecule has 0 bridgehead atoms. The third kappa shape index (κ3) is 4.10. The Morgan fingerprint density at radius 1 is 1.00 bits per heavy atom. The van der Waals surface area contributed by atoms with Crippen LogP contribution in [0.15, 0.2) is 47.4 Å². The van der Waals surface area contributed by atoms with Crippen molar-refractivity contribution >= 4 is 10.0 Å². The largest absolute Gasteiger partial charge is 0.387 e. The van der Waals surface area contributed by atoms with E-state index in [0.29, 0.717) is 17.7 Å². The minimum atomic E-state index is -4.15. The van der Waals surface area contributed by atoms with Crippen molar-refractivity contribution in [3.63, 3.8) is 0 Å². The lowest BCUT2D eigenvalue weighted by Crippen LogP contribution is -2.37. The minimum Gasteiger partial charge on any atom is -0.387 e. The molecule has 0 heterocycles. The number of rotatable bonds is 5. The maximum absolute atomic E-state index is 13.2. The molecule has 2 aromatic carbocycles. The van der Waals surface area contributed by atoms with E-state index in [0.717, 1.165) is 18.2 Å². The van der Waals surface area contributed by atoms with Gasteiger partial charge in [-0.1, -0.05) is 12.1 Å². The summed E-state index contributed by atoms with van der Waals surface area (Å²) in [6.45, 7) is 1.39. The van der Waals surface area contributed by atoms with E-state index in [9.17, 15) is 26.7 Å². The molecule has 0 spiro atoms. The molecule has 0 aromatic heterocycles. The lowest BCUT2D eigenvalue weighted by Gasteiger charge is -2.20. The van der Waals surface area contributed by atoms with Crippen LogP contribution in [0.5, 0.6) is 0 Å². The quantitative estimate of drug-likeness (QED) is 0.875. The van der Waals surface area contributed by atoms with Crippen LogP contribution in [0.1, 0.15) is 18.6 Å². The molecule has 0 aliphatic rings. The molecule has 2 rings (SSSR count). The summed E-state index contributed by atoms with van der Waals surface area (Å²) in [6.07, 6.45) is -1.24. The number of hydrogen-bond acceptors (Lipinski definition) is 3. The van der Waals surface area contributed by atoms with Crippen molar-refractivity contribution in [1.82, 2.24) is 4.72 Å². The third-order valence-electron chi connectivity index (χ3n) is 3.23. The van der Waals surface area contributed by atoms with Crippen LogP contribution in [0.2, 0.25) is 0 Å². The van der Waals surface area contributed by atoms with Crippen LogP contribution < -0.4 is 4.72 Å². The Kier molecular flexibility index (Phi) is 5.08. The summed E-state index contributed by atoms with van der Waals surface area (Å²) in [5, 5.41) is 10.1. The fraction of sp³-hybridized carbons (Fsp3) is 0.200. The topological polar surface area (TPSA) is 66.4 Å². The predicted octanol–water partition coefficient (Wildman–Crippen LogP) is 2.50. The van der Waals surface area contributed by atoms with Gasteiger partial charge in [0.2, 0.25) is 10.0 Å². The van der Waals surface area contributed by atoms with Gasteiger partial charge < -0.3 is 5.11 Å². The van der Waals surface area contributed by atoms with Gasteiger partial charge in [0.05, 0.1) is 11.0 Å². The van der Waals surface area contributed by atoms with Gasteiger partial charge in [0, 0.05) is 6.04 Å². The van der Waals surface area contributed by atoms with E-state index >= 15 is 0 Å². The molecule has 0 fully saturated rings. The molecule has 124 valence electrons. The smallest absolute Gasteiger partial charge is 0.241 e. The average Bonchev–Trinajstić information content (AvgIpc) is 2.49. The first-order valence-electron chi connectivity index (χ1n) is 6.61. The van der Waals surface area contributed by atoms with Gasteiger partial charge >= 0.3 is 0 Å². The summed E-state index contributed by atoms with van der Waals surface area (Å²) < 4.78 is 65.3. The molecular weight excluding hydrogens is 331 g/mol. The van der Waals surface area contributed by atoms with Crippen molar-refractivity contribution < 1.29 is 26.7 Å². The first-order valence-corrected chi connectivity index (χ1v) is 8.10. The van der Waals surface area contributed by atoms with Crippen molar-refractivity contribution in [2.45, 2.75) is 24.0 Å². The number of halogens is 3. The van der Waals surface area contributed by atoms with E-state index in [1.54, 1.807) is 0 Å². The van der Waals surface area contributed by atoms with Crippen molar-refractivity contribution in [1.29, 1.82) is 0 Å². The van der Waals surface area contributed by atoms with Crippen molar-refractivity contribution in [3.05, 3.63) is 65.5 Å². The molecule has 0 amide bonds. The highest BCUT2D eigenvalue weighted by atomic mass is 32.2. The average molecular weight is 345 g/mol. The first-order chi connectivity index (χ1) is 10.7. The number of nitrogens with one attached hydrogen (secondary N) is 1. The van der Waals surface area contributed by atoms with Gasteiger partial charge in [-0.25, -0.2) is 26.3 Å². The predicted molar refractivity (Wildman–Crippen MR) is 77.5 cm³/mol. The molecule has 2 unspecified atom stereocenters. The van der Waals surface area contributed by atoms with Crippen LogP contribution in [0, 0.1) is 17.5 Å². The molecule has 2 N–H and O–H groups in total. The van der Waals surface area contributed by atoms with Gasteiger partial charge in [-0.3, -0.25) is 0 Å². The summed E-state index contributed by atoms with van der Waals surface area (Å²) in [5.41, 5.74) is 0.312. The Hall–Kier alpha value is -1.90. The van der Waals surface area contributed by atoms with E-state index in [1.807, 2.05) is 0 Å². The van der Waals surface area contributed by atoms with Gasteiger partial charge in [-0.15, -0.1) is 0 Å². The second-order valence-corrected chi connectivity index (χ2v) is 6.70. The Balaban J connectivity index is 2.18. The molecule has 4 nitrogen and oxygen atoms in total. The van der Waals surface area contributed by atoms with Crippen molar-refractivity contribution in [2.75, 3.05) is 0 Å². The van der Waals surface area contributed by atoms with Crippen molar-refractivity contribution in [3.8, 4) is 0 Å². The molecular formula is C15H14F3NO3S. The summed E-state index contributed by atoms with van der Waals surface area (Å²) in [7, 11) is -4.15. The Morgan fingerprint density at radius 2 is 1.61 bits per heavy atom. The van der Waals surface area contributed by atoms with E-state index < -0.39 is 44.5 Å². The van der Waals surface area contributed by atoms with Crippen LogP contribution in [0.25, 0.3) is 0 Å². The van der Waals surface area contributed by atoms with Gasteiger partial charge in [0.25, 0.3) is 0 Å². The van der Waals surface area contributed by atoms with Gasteiger partial charge in [-0.2, -0.15) is 0 Å². The standard InChI is InChI=1S/C15H14F3NO3S/c1-9(15(20)10-2-4-11(16)5-3-10)19-23(21,22)12-6-7-13(17)14(18)8-12/h2-9,15,19-20H,1H3. The second-order valence-electron chi connectivity index (χ2n) is 4.98. The van der Waals surface area contributed by atoms with Crippen LogP contribution in [-0.2, 0) is 10.0 Å². The third-order valence-corrected chi connectivity index (χ3v) is 4.78. The normalized spacial score (nSPS) is 14.5. The Morgan fingerprint density at radius 3 is 2.17 bits per heavy atom. The molecule has 0 aliphatic heterocycles. The molecule has 2 aromatic rings. The number of hydrogen-bond donors (Lipinski definition) is 2. The fourth-order valence-electron chi connectivity index (χ4n) is 1.97. The molecule has 23 heavy (non-hydrogen) atoms. The molecule has 0 saturated carbocycles. The molecule has 0 aliphatic carbocycles. The maximum atomic E-state index is 13.2. The highest BCUT2D eigenvalue weighted by molar-refractivity contribution is 7.89. The number of benzene rings is 2. The van der Waals surface area contributed by atoms with Gasteiger partial charge in [-0.05, 0) is 42.8 Å². The van der Waals surface area contributed by atoms with E-state index in [2.05, 4.69) is 4.72 Å². The summed E-state index contributed by atoms with van der Waals surface area (Å²) in [5.74, 6) is -2.95. The summed E-state index contributed by atoms with van der Waals surface area (Å²) >= 11 is 0. The first kappa shape index (κ1) is 17.5. The van der Waals surface area contributed by atoms with Crippen LogP contribution in [-0.4, -0.2) is 19.6 Å². The number of aliphatic hydroxyl groups is 1. The molecule has 0 radical (unpaired) electrons. The van der Waals surface area contributed by atoms with Crippen LogP contribution >= 0.6 is 0 Å². The van der Waals surface area contributed by atoms with Crippen molar-refractivity contribution in [2.24, 2.45) is 0 Å². The van der Waals surface area contributed by atoms with E-state index in [-0.39, 0.29) is 0 Å². The SMILES string of the molecule is CC(NS(=O)(=O)c1ccc(F)c(F)c1)C(O)c1ccc(F)cc1. The lowest BCUT2D eigenvalue weighted by atomic mass is 10.0. The molecule has 8 heteroatoms. The summed E-state index contributed by atoms with van der Waals surface area (Å²) in [4.78, 5) is -0.463.